The average Bonchev–Trinajstić information content (AvgIpc) is 2.46. The van der Waals surface area contributed by atoms with Crippen LogP contribution in [0.1, 0.15) is 31.4 Å². The highest BCUT2D eigenvalue weighted by atomic mass is 32.2. The summed E-state index contributed by atoms with van der Waals surface area (Å²) in [6.45, 7) is 4.10. The largest absolute Gasteiger partial charge is 0.308 e. The van der Waals surface area contributed by atoms with E-state index in [-0.39, 0.29) is 5.25 Å². The molecule has 0 saturated carbocycles. The minimum absolute atomic E-state index is 0.223. The van der Waals surface area contributed by atoms with Crippen LogP contribution in [0.4, 0.5) is 0 Å². The molecular formula is C16H19NOS. The summed E-state index contributed by atoms with van der Waals surface area (Å²) in [6.07, 6.45) is 2.31. The van der Waals surface area contributed by atoms with Gasteiger partial charge in [0, 0.05) is 28.0 Å². The zero-order valence-corrected chi connectivity index (χ0v) is 12.2. The van der Waals surface area contributed by atoms with Crippen molar-refractivity contribution in [1.82, 2.24) is 0 Å². The molecule has 0 aromatic heterocycles. The Kier molecular flexibility index (Phi) is 4.48. The van der Waals surface area contributed by atoms with Crippen molar-refractivity contribution in [3.63, 3.8) is 0 Å². The van der Waals surface area contributed by atoms with Gasteiger partial charge in [-0.2, -0.15) is 0 Å². The molecule has 2 atom stereocenters. The van der Waals surface area contributed by atoms with Gasteiger partial charge in [0.15, 0.2) is 0 Å². The van der Waals surface area contributed by atoms with Crippen molar-refractivity contribution in [2.24, 2.45) is 0 Å². The number of rotatable bonds is 5. The van der Waals surface area contributed by atoms with Crippen molar-refractivity contribution in [1.29, 1.82) is 5.41 Å². The van der Waals surface area contributed by atoms with Crippen LogP contribution in [0.2, 0.25) is 0 Å². The number of fused-ring (bicyclic) bond motifs is 1. The van der Waals surface area contributed by atoms with Crippen molar-refractivity contribution >= 4 is 27.8 Å². The monoisotopic (exact) mass is 273 g/mol. The summed E-state index contributed by atoms with van der Waals surface area (Å²) in [5.74, 6) is 0.591. The van der Waals surface area contributed by atoms with Gasteiger partial charge in [-0.25, -0.2) is 0 Å². The van der Waals surface area contributed by atoms with Crippen molar-refractivity contribution in [3.05, 3.63) is 47.5 Å². The number of hydrogen-bond acceptors (Lipinski definition) is 2. The molecule has 0 fully saturated rings. The Balaban J connectivity index is 2.45. The molecular weight excluding hydrogens is 254 g/mol. The van der Waals surface area contributed by atoms with E-state index in [4.69, 9.17) is 5.41 Å². The van der Waals surface area contributed by atoms with Gasteiger partial charge < -0.3 is 5.41 Å². The summed E-state index contributed by atoms with van der Waals surface area (Å²) in [5.41, 5.74) is 2.02. The lowest BCUT2D eigenvalue weighted by molar-refractivity contribution is 0.670. The Hall–Kier alpha value is -1.48. The lowest BCUT2D eigenvalue weighted by Crippen LogP contribution is -2.11. The summed E-state index contributed by atoms with van der Waals surface area (Å²) in [5, 5.41) is 9.85. The summed E-state index contributed by atoms with van der Waals surface area (Å²) in [4.78, 5) is 0. The fourth-order valence-electron chi connectivity index (χ4n) is 2.12. The van der Waals surface area contributed by atoms with Crippen LogP contribution in [0, 0.1) is 5.41 Å². The molecule has 0 spiro atoms. The van der Waals surface area contributed by atoms with Crippen LogP contribution in [0.15, 0.2) is 36.4 Å². The Morgan fingerprint density at radius 1 is 1.21 bits per heavy atom. The van der Waals surface area contributed by atoms with E-state index in [1.165, 1.54) is 6.21 Å². The zero-order valence-electron chi connectivity index (χ0n) is 11.3. The maximum absolute atomic E-state index is 12.2. The molecule has 0 amide bonds. The van der Waals surface area contributed by atoms with Crippen molar-refractivity contribution < 1.29 is 4.21 Å². The first-order valence-corrected chi connectivity index (χ1v) is 7.93. The minimum Gasteiger partial charge on any atom is -0.308 e. The highest BCUT2D eigenvalue weighted by Crippen LogP contribution is 2.23. The smallest absolute Gasteiger partial charge is 0.0494 e. The molecule has 0 aliphatic rings. The second-order valence-electron chi connectivity index (χ2n) is 4.75. The van der Waals surface area contributed by atoms with Crippen LogP contribution in [0.3, 0.4) is 0 Å². The Morgan fingerprint density at radius 3 is 2.53 bits per heavy atom. The van der Waals surface area contributed by atoms with Crippen molar-refractivity contribution in [3.8, 4) is 0 Å². The van der Waals surface area contributed by atoms with Crippen LogP contribution in [0.25, 0.3) is 10.8 Å². The zero-order chi connectivity index (χ0) is 13.8. The van der Waals surface area contributed by atoms with E-state index in [1.54, 1.807) is 0 Å². The van der Waals surface area contributed by atoms with Gasteiger partial charge in [0.1, 0.15) is 0 Å². The Labute approximate surface area is 116 Å². The van der Waals surface area contributed by atoms with Gasteiger partial charge in [0.25, 0.3) is 0 Å². The molecule has 2 unspecified atom stereocenters. The molecule has 2 aromatic rings. The molecule has 3 heteroatoms. The second-order valence-corrected chi connectivity index (χ2v) is 6.60. The van der Waals surface area contributed by atoms with E-state index in [0.29, 0.717) is 5.75 Å². The highest BCUT2D eigenvalue weighted by molar-refractivity contribution is 7.84. The number of benzene rings is 2. The van der Waals surface area contributed by atoms with Crippen LogP contribution < -0.4 is 0 Å². The van der Waals surface area contributed by atoms with Gasteiger partial charge in [0.05, 0.1) is 0 Å². The lowest BCUT2D eigenvalue weighted by atomic mass is 10.0. The van der Waals surface area contributed by atoms with E-state index in [0.717, 1.165) is 28.3 Å². The first-order valence-electron chi connectivity index (χ1n) is 6.55. The van der Waals surface area contributed by atoms with Crippen LogP contribution in [-0.2, 0) is 16.6 Å². The third kappa shape index (κ3) is 2.92. The standard InChI is InChI=1S/C16H19NOS/c1-3-12(2)19(18)11-14-9-8-13(10-17)15-6-4-5-7-16(14)15/h4-10,12,17H,3,11H2,1-2H3. The maximum Gasteiger partial charge on any atom is 0.0494 e. The normalized spacial score (nSPS) is 14.2. The van der Waals surface area contributed by atoms with Gasteiger partial charge in [0.2, 0.25) is 0 Å². The van der Waals surface area contributed by atoms with Crippen LogP contribution in [0.5, 0.6) is 0 Å². The fraction of sp³-hybridized carbons (Fsp3) is 0.312. The predicted octanol–water partition coefficient (Wildman–Crippen LogP) is 3.88. The first-order chi connectivity index (χ1) is 9.17. The van der Waals surface area contributed by atoms with Gasteiger partial charge >= 0.3 is 0 Å². The van der Waals surface area contributed by atoms with Gasteiger partial charge in [-0.05, 0) is 28.3 Å². The number of nitrogens with one attached hydrogen (secondary N) is 1. The predicted molar refractivity (Wildman–Crippen MR) is 83.4 cm³/mol. The maximum atomic E-state index is 12.2. The van der Waals surface area contributed by atoms with Gasteiger partial charge in [-0.3, -0.25) is 4.21 Å². The van der Waals surface area contributed by atoms with E-state index < -0.39 is 10.8 Å². The van der Waals surface area contributed by atoms with E-state index >= 15 is 0 Å². The Bertz CT molecular complexity index is 621. The summed E-state index contributed by atoms with van der Waals surface area (Å²) < 4.78 is 12.2. The van der Waals surface area contributed by atoms with Crippen LogP contribution in [-0.4, -0.2) is 15.7 Å². The molecule has 1 N–H and O–H groups in total. The SMILES string of the molecule is CCC(C)S(=O)Cc1ccc(C=N)c2ccccc12. The van der Waals surface area contributed by atoms with Crippen LogP contribution >= 0.6 is 0 Å². The fourth-order valence-corrected chi connectivity index (χ4v) is 3.33. The average molecular weight is 273 g/mol. The molecule has 2 nitrogen and oxygen atoms in total. The molecule has 0 bridgehead atoms. The summed E-state index contributed by atoms with van der Waals surface area (Å²) in [7, 11) is -0.837. The third-order valence-corrected chi connectivity index (χ3v) is 5.35. The third-order valence-electron chi connectivity index (χ3n) is 3.53. The summed E-state index contributed by atoms with van der Waals surface area (Å²) >= 11 is 0. The molecule has 100 valence electrons. The van der Waals surface area contributed by atoms with Crippen molar-refractivity contribution in [2.45, 2.75) is 31.3 Å². The minimum atomic E-state index is -0.837. The molecule has 2 rings (SSSR count). The second kappa shape index (κ2) is 6.11. The quantitative estimate of drug-likeness (QED) is 0.825. The van der Waals surface area contributed by atoms with Gasteiger partial charge in [-0.15, -0.1) is 0 Å². The van der Waals surface area contributed by atoms with Crippen molar-refractivity contribution in [2.75, 3.05) is 0 Å². The number of hydrogen-bond donors (Lipinski definition) is 1. The molecule has 0 saturated heterocycles. The van der Waals surface area contributed by atoms with E-state index in [9.17, 15) is 4.21 Å². The molecule has 0 radical (unpaired) electrons. The molecule has 2 aromatic carbocycles. The lowest BCUT2D eigenvalue weighted by Gasteiger charge is -2.12. The summed E-state index contributed by atoms with van der Waals surface area (Å²) in [6, 6.07) is 12.0. The Morgan fingerprint density at radius 2 is 1.89 bits per heavy atom. The van der Waals surface area contributed by atoms with E-state index in [2.05, 4.69) is 6.92 Å². The first kappa shape index (κ1) is 13.9. The highest BCUT2D eigenvalue weighted by Gasteiger charge is 2.12. The van der Waals surface area contributed by atoms with E-state index in [1.807, 2.05) is 43.3 Å². The molecule has 0 heterocycles. The molecule has 0 aliphatic carbocycles. The molecule has 19 heavy (non-hydrogen) atoms. The molecule has 0 aliphatic heterocycles. The topological polar surface area (TPSA) is 40.9 Å². The van der Waals surface area contributed by atoms with Gasteiger partial charge in [-0.1, -0.05) is 50.2 Å².